The number of nitrogens with zero attached hydrogens (tertiary/aromatic N) is 1. The van der Waals surface area contributed by atoms with Gasteiger partial charge in [0.25, 0.3) is 0 Å². The van der Waals surface area contributed by atoms with Crippen LogP contribution in [0.15, 0.2) is 0 Å². The molecule has 0 aromatic carbocycles. The molecular formula is C13H25N3O4. The molecule has 0 aromatic rings. The third kappa shape index (κ3) is 6.72. The molecule has 7 nitrogen and oxygen atoms in total. The number of hydrogen-bond acceptors (Lipinski definition) is 4. The molecule has 1 aliphatic rings. The minimum atomic E-state index is -1.42. The normalized spacial score (nSPS) is 18.5. The summed E-state index contributed by atoms with van der Waals surface area (Å²) >= 11 is 0. The molecular weight excluding hydrogens is 262 g/mol. The van der Waals surface area contributed by atoms with Gasteiger partial charge in [0.15, 0.2) is 6.10 Å². The van der Waals surface area contributed by atoms with Gasteiger partial charge in [0.05, 0.1) is 0 Å². The molecule has 1 rings (SSSR count). The first-order valence-corrected chi connectivity index (χ1v) is 7.10. The van der Waals surface area contributed by atoms with Gasteiger partial charge in [-0.1, -0.05) is 0 Å². The Balaban J connectivity index is 2.01. The van der Waals surface area contributed by atoms with Crippen molar-refractivity contribution in [2.24, 2.45) is 5.92 Å². The second-order valence-electron chi connectivity index (χ2n) is 5.36. The number of likely N-dealkylation sites (tertiary alicyclic amines) is 1. The standard InChI is InChI=1S/C13H25N3O4/c1-16-8-4-10(5-9-16)2-6-14-13(20)15-7-3-11(17)12(18)19/h10-11,17H,2-9H2,1H3,(H,18,19)(H2,14,15,20)/t11-/m0/s1. The van der Waals surface area contributed by atoms with Crippen LogP contribution in [0, 0.1) is 5.92 Å². The van der Waals surface area contributed by atoms with Crippen molar-refractivity contribution in [1.82, 2.24) is 15.5 Å². The van der Waals surface area contributed by atoms with Gasteiger partial charge in [-0.25, -0.2) is 9.59 Å². The number of carbonyl (C=O) groups excluding carboxylic acids is 1. The first-order valence-electron chi connectivity index (χ1n) is 7.10. The van der Waals surface area contributed by atoms with E-state index in [4.69, 9.17) is 10.2 Å². The zero-order chi connectivity index (χ0) is 15.0. The van der Waals surface area contributed by atoms with E-state index >= 15 is 0 Å². The van der Waals surface area contributed by atoms with Crippen molar-refractivity contribution >= 4 is 12.0 Å². The van der Waals surface area contributed by atoms with Gasteiger partial charge in [0.2, 0.25) is 0 Å². The highest BCUT2D eigenvalue weighted by atomic mass is 16.4. The molecule has 2 amide bonds. The number of carbonyl (C=O) groups is 2. The van der Waals surface area contributed by atoms with Crippen LogP contribution in [0.25, 0.3) is 0 Å². The van der Waals surface area contributed by atoms with E-state index in [2.05, 4.69) is 22.6 Å². The smallest absolute Gasteiger partial charge is 0.332 e. The Morgan fingerprint density at radius 2 is 1.85 bits per heavy atom. The Hall–Kier alpha value is -1.34. The number of aliphatic carboxylic acids is 1. The van der Waals surface area contributed by atoms with Crippen LogP contribution in [0.4, 0.5) is 4.79 Å². The monoisotopic (exact) mass is 287 g/mol. The lowest BCUT2D eigenvalue weighted by molar-refractivity contribution is -0.146. The van der Waals surface area contributed by atoms with Gasteiger partial charge in [0.1, 0.15) is 0 Å². The Morgan fingerprint density at radius 1 is 1.25 bits per heavy atom. The number of rotatable bonds is 7. The molecule has 20 heavy (non-hydrogen) atoms. The molecule has 4 N–H and O–H groups in total. The Bertz CT molecular complexity index is 317. The van der Waals surface area contributed by atoms with Crippen LogP contribution in [-0.4, -0.2) is 66.4 Å². The SMILES string of the molecule is CN1CCC(CCNC(=O)NCC[C@H](O)C(=O)O)CC1. The fourth-order valence-electron chi connectivity index (χ4n) is 2.25. The zero-order valence-electron chi connectivity index (χ0n) is 12.0. The summed E-state index contributed by atoms with van der Waals surface area (Å²) in [4.78, 5) is 24.1. The van der Waals surface area contributed by atoms with Crippen LogP contribution in [0.5, 0.6) is 0 Å². The van der Waals surface area contributed by atoms with Crippen LogP contribution in [0.3, 0.4) is 0 Å². The lowest BCUT2D eigenvalue weighted by Crippen LogP contribution is -2.39. The van der Waals surface area contributed by atoms with Crippen molar-refractivity contribution in [2.75, 3.05) is 33.2 Å². The lowest BCUT2D eigenvalue weighted by Gasteiger charge is -2.28. The van der Waals surface area contributed by atoms with E-state index in [9.17, 15) is 9.59 Å². The number of piperidine rings is 1. The highest BCUT2D eigenvalue weighted by Crippen LogP contribution is 2.18. The summed E-state index contributed by atoms with van der Waals surface area (Å²) in [5.74, 6) is -0.602. The third-order valence-electron chi connectivity index (χ3n) is 3.66. The summed E-state index contributed by atoms with van der Waals surface area (Å²) in [6.07, 6.45) is 1.90. The highest BCUT2D eigenvalue weighted by molar-refractivity contribution is 5.74. The topological polar surface area (TPSA) is 102 Å². The maximum Gasteiger partial charge on any atom is 0.332 e. The van der Waals surface area contributed by atoms with E-state index < -0.39 is 12.1 Å². The quantitative estimate of drug-likeness (QED) is 0.522. The van der Waals surface area contributed by atoms with E-state index in [0.29, 0.717) is 12.5 Å². The van der Waals surface area contributed by atoms with Gasteiger partial charge in [0, 0.05) is 19.5 Å². The molecule has 0 bridgehead atoms. The van der Waals surface area contributed by atoms with Crippen molar-refractivity contribution in [3.63, 3.8) is 0 Å². The van der Waals surface area contributed by atoms with Crippen molar-refractivity contribution in [2.45, 2.75) is 31.8 Å². The molecule has 0 unspecified atom stereocenters. The Morgan fingerprint density at radius 3 is 2.45 bits per heavy atom. The van der Waals surface area contributed by atoms with Crippen molar-refractivity contribution in [3.8, 4) is 0 Å². The fourth-order valence-corrected chi connectivity index (χ4v) is 2.25. The second-order valence-corrected chi connectivity index (χ2v) is 5.36. The van der Waals surface area contributed by atoms with Gasteiger partial charge in [-0.15, -0.1) is 0 Å². The fraction of sp³-hybridized carbons (Fsp3) is 0.846. The molecule has 1 saturated heterocycles. The van der Waals surface area contributed by atoms with Gasteiger partial charge in [-0.05, 0) is 45.3 Å². The molecule has 1 aliphatic heterocycles. The van der Waals surface area contributed by atoms with Crippen molar-refractivity contribution in [1.29, 1.82) is 0 Å². The summed E-state index contributed by atoms with van der Waals surface area (Å²) in [6, 6.07) is -0.310. The summed E-state index contributed by atoms with van der Waals surface area (Å²) < 4.78 is 0. The largest absolute Gasteiger partial charge is 0.479 e. The number of nitrogens with one attached hydrogen (secondary N) is 2. The molecule has 1 atom stereocenters. The van der Waals surface area contributed by atoms with Crippen LogP contribution in [0.1, 0.15) is 25.7 Å². The number of carboxylic acids is 1. The molecule has 0 spiro atoms. The van der Waals surface area contributed by atoms with Gasteiger partial charge < -0.3 is 25.7 Å². The number of aliphatic hydroxyl groups excluding tert-OH is 1. The summed E-state index contributed by atoms with van der Waals surface area (Å²) in [5.41, 5.74) is 0. The molecule has 0 aliphatic carbocycles. The average molecular weight is 287 g/mol. The molecule has 1 heterocycles. The number of urea groups is 1. The number of carboxylic acid groups (broad SMARTS) is 1. The minimum absolute atomic E-state index is 0.0116. The molecule has 7 heteroatoms. The molecule has 0 saturated carbocycles. The van der Waals surface area contributed by atoms with Crippen molar-refractivity contribution < 1.29 is 19.8 Å². The summed E-state index contributed by atoms with van der Waals surface area (Å²) in [6.45, 7) is 3.00. The summed E-state index contributed by atoms with van der Waals surface area (Å²) in [5, 5.41) is 22.8. The molecule has 1 fully saturated rings. The summed E-state index contributed by atoms with van der Waals surface area (Å²) in [7, 11) is 2.12. The van der Waals surface area contributed by atoms with Crippen molar-refractivity contribution in [3.05, 3.63) is 0 Å². The van der Waals surface area contributed by atoms with E-state index in [1.54, 1.807) is 0 Å². The van der Waals surface area contributed by atoms with Crippen LogP contribution in [0.2, 0.25) is 0 Å². The maximum atomic E-state index is 11.4. The van der Waals surface area contributed by atoms with Crippen LogP contribution in [-0.2, 0) is 4.79 Å². The van der Waals surface area contributed by atoms with E-state index in [-0.39, 0.29) is 19.0 Å². The number of hydrogen-bond donors (Lipinski definition) is 4. The van der Waals surface area contributed by atoms with E-state index in [0.717, 1.165) is 19.5 Å². The zero-order valence-corrected chi connectivity index (χ0v) is 12.0. The lowest BCUT2D eigenvalue weighted by atomic mass is 9.94. The van der Waals surface area contributed by atoms with Crippen LogP contribution >= 0.6 is 0 Å². The number of amides is 2. The maximum absolute atomic E-state index is 11.4. The van der Waals surface area contributed by atoms with Gasteiger partial charge >= 0.3 is 12.0 Å². The molecule has 0 radical (unpaired) electrons. The predicted molar refractivity (Wildman–Crippen MR) is 74.5 cm³/mol. The Kier molecular flexibility index (Phi) is 7.32. The minimum Gasteiger partial charge on any atom is -0.479 e. The molecule has 0 aromatic heterocycles. The Labute approximate surface area is 119 Å². The highest BCUT2D eigenvalue weighted by Gasteiger charge is 2.16. The molecule has 116 valence electrons. The van der Waals surface area contributed by atoms with E-state index in [1.807, 2.05) is 0 Å². The first-order chi connectivity index (χ1) is 9.49. The van der Waals surface area contributed by atoms with Gasteiger partial charge in [-0.2, -0.15) is 0 Å². The number of aliphatic hydroxyl groups is 1. The third-order valence-corrected chi connectivity index (χ3v) is 3.66. The first kappa shape index (κ1) is 16.7. The van der Waals surface area contributed by atoms with E-state index in [1.165, 1.54) is 12.8 Å². The van der Waals surface area contributed by atoms with Crippen LogP contribution < -0.4 is 10.6 Å². The second kappa shape index (κ2) is 8.76. The predicted octanol–water partition coefficient (Wildman–Crippen LogP) is -0.147. The average Bonchev–Trinajstić information content (AvgIpc) is 2.40. The van der Waals surface area contributed by atoms with Gasteiger partial charge in [-0.3, -0.25) is 0 Å².